The van der Waals surface area contributed by atoms with E-state index in [2.05, 4.69) is 10.1 Å². The average Bonchev–Trinajstić information content (AvgIpc) is 2.44. The third kappa shape index (κ3) is 4.83. The molecule has 1 aliphatic heterocycles. The summed E-state index contributed by atoms with van der Waals surface area (Å²) in [4.78, 5) is 13.3. The van der Waals surface area contributed by atoms with Crippen LogP contribution in [0.5, 0.6) is 5.75 Å². The summed E-state index contributed by atoms with van der Waals surface area (Å²) in [6.07, 6.45) is 0. The molecule has 1 aliphatic rings. The van der Waals surface area contributed by atoms with Crippen molar-refractivity contribution in [2.75, 3.05) is 24.6 Å². The zero-order chi connectivity index (χ0) is 16.2. The molecule has 122 valence electrons. The molecule has 1 saturated heterocycles. The van der Waals surface area contributed by atoms with Gasteiger partial charge in [-0.15, -0.1) is 0 Å². The van der Waals surface area contributed by atoms with Crippen LogP contribution in [0.3, 0.4) is 0 Å². The van der Waals surface area contributed by atoms with Crippen LogP contribution in [-0.2, 0) is 16.4 Å². The average molecular weight is 334 g/mol. The van der Waals surface area contributed by atoms with Gasteiger partial charge < -0.3 is 15.0 Å². The van der Waals surface area contributed by atoms with Gasteiger partial charge in [-0.3, -0.25) is 0 Å². The Labute approximate surface area is 127 Å². The normalized spacial score (nSPS) is 17.3. The second-order valence-corrected chi connectivity index (χ2v) is 7.13. The van der Waals surface area contributed by atoms with Crippen molar-refractivity contribution < 1.29 is 26.7 Å². The number of hydrogen-bond donors (Lipinski definition) is 1. The summed E-state index contributed by atoms with van der Waals surface area (Å²) in [5.41, 5.74) is 0.608. The highest BCUT2D eigenvalue weighted by molar-refractivity contribution is 7.91. The molecule has 1 aromatic rings. The topological polar surface area (TPSA) is 75.7 Å². The van der Waals surface area contributed by atoms with Crippen LogP contribution in [0, 0.1) is 0 Å². The number of carbonyl (C=O) groups is 1. The molecule has 1 fully saturated rings. The second-order valence-electron chi connectivity index (χ2n) is 4.82. The molecule has 0 aliphatic carbocycles. The van der Waals surface area contributed by atoms with E-state index in [1.54, 1.807) is 12.1 Å². The fourth-order valence-corrected chi connectivity index (χ4v) is 3.24. The smallest absolute Gasteiger partial charge is 0.387 e. The van der Waals surface area contributed by atoms with Crippen LogP contribution in [-0.4, -0.2) is 50.6 Å². The van der Waals surface area contributed by atoms with Crippen molar-refractivity contribution >= 4 is 15.9 Å². The molecule has 0 aromatic heterocycles. The van der Waals surface area contributed by atoms with Crippen molar-refractivity contribution in [2.24, 2.45) is 0 Å². The zero-order valence-corrected chi connectivity index (χ0v) is 12.5. The third-order valence-electron chi connectivity index (χ3n) is 3.20. The van der Waals surface area contributed by atoms with E-state index in [0.717, 1.165) is 0 Å². The fourth-order valence-electron chi connectivity index (χ4n) is 2.04. The number of nitrogens with zero attached hydrogens (tertiary/aromatic N) is 1. The van der Waals surface area contributed by atoms with Gasteiger partial charge >= 0.3 is 12.6 Å². The maximum atomic E-state index is 12.1. The van der Waals surface area contributed by atoms with Gasteiger partial charge in [-0.25, -0.2) is 13.2 Å². The Morgan fingerprint density at radius 1 is 1.32 bits per heavy atom. The summed E-state index contributed by atoms with van der Waals surface area (Å²) >= 11 is 0. The lowest BCUT2D eigenvalue weighted by Crippen LogP contribution is -2.47. The number of ether oxygens (including phenoxy) is 1. The monoisotopic (exact) mass is 334 g/mol. The van der Waals surface area contributed by atoms with Crippen LogP contribution in [0.4, 0.5) is 13.6 Å². The Kier molecular flexibility index (Phi) is 5.17. The summed E-state index contributed by atoms with van der Waals surface area (Å²) in [7, 11) is -3.04. The third-order valence-corrected chi connectivity index (χ3v) is 4.81. The van der Waals surface area contributed by atoms with Gasteiger partial charge in [0.05, 0.1) is 11.5 Å². The minimum Gasteiger partial charge on any atom is -0.435 e. The van der Waals surface area contributed by atoms with E-state index in [0.29, 0.717) is 5.56 Å². The Morgan fingerprint density at radius 2 is 2.00 bits per heavy atom. The number of urea groups is 1. The second kappa shape index (κ2) is 6.91. The maximum Gasteiger partial charge on any atom is 0.387 e. The Balaban J connectivity index is 1.86. The molecule has 1 aromatic carbocycles. The molecule has 6 nitrogen and oxygen atoms in total. The van der Waals surface area contributed by atoms with Gasteiger partial charge in [0, 0.05) is 19.6 Å². The highest BCUT2D eigenvalue weighted by Gasteiger charge is 2.24. The summed E-state index contributed by atoms with van der Waals surface area (Å²) in [6.45, 7) is -2.45. The molecule has 0 bridgehead atoms. The molecule has 0 spiro atoms. The standard InChI is InChI=1S/C13H16F2N2O4S/c14-12(15)21-11-3-1-2-10(8-11)9-16-13(18)17-4-6-22(19,20)7-5-17/h1-3,8,12H,4-7,9H2,(H,16,18). The number of hydrogen-bond acceptors (Lipinski definition) is 4. The molecule has 22 heavy (non-hydrogen) atoms. The molecule has 0 radical (unpaired) electrons. The number of benzene rings is 1. The Bertz CT molecular complexity index is 623. The first-order valence-electron chi connectivity index (χ1n) is 6.63. The lowest BCUT2D eigenvalue weighted by molar-refractivity contribution is -0.0498. The number of sulfone groups is 1. The minimum atomic E-state index is -3.04. The maximum absolute atomic E-state index is 12.1. The van der Waals surface area contributed by atoms with E-state index >= 15 is 0 Å². The van der Waals surface area contributed by atoms with E-state index in [4.69, 9.17) is 0 Å². The Morgan fingerprint density at radius 3 is 2.64 bits per heavy atom. The van der Waals surface area contributed by atoms with Gasteiger partial charge in [0.25, 0.3) is 0 Å². The number of amides is 2. The van der Waals surface area contributed by atoms with E-state index in [1.807, 2.05) is 0 Å². The lowest BCUT2D eigenvalue weighted by Gasteiger charge is -2.26. The number of alkyl halides is 2. The molecule has 1 N–H and O–H groups in total. The van der Waals surface area contributed by atoms with E-state index in [1.165, 1.54) is 17.0 Å². The largest absolute Gasteiger partial charge is 0.435 e. The fraction of sp³-hybridized carbons (Fsp3) is 0.462. The van der Waals surface area contributed by atoms with Gasteiger partial charge in [0.2, 0.25) is 0 Å². The summed E-state index contributed by atoms with van der Waals surface area (Å²) < 4.78 is 51.1. The molecule has 2 amide bonds. The van der Waals surface area contributed by atoms with Gasteiger partial charge in [0.15, 0.2) is 9.84 Å². The quantitative estimate of drug-likeness (QED) is 0.898. The van der Waals surface area contributed by atoms with E-state index < -0.39 is 16.4 Å². The predicted octanol–water partition coefficient (Wildman–Crippen LogP) is 1.23. The number of nitrogens with one attached hydrogen (secondary N) is 1. The molecule has 0 saturated carbocycles. The first-order chi connectivity index (χ1) is 10.4. The van der Waals surface area contributed by atoms with Crippen molar-refractivity contribution in [1.82, 2.24) is 10.2 Å². The molecule has 1 heterocycles. The van der Waals surface area contributed by atoms with Crippen LogP contribution >= 0.6 is 0 Å². The van der Waals surface area contributed by atoms with Gasteiger partial charge in [-0.05, 0) is 17.7 Å². The lowest BCUT2D eigenvalue weighted by atomic mass is 10.2. The molecule has 0 atom stereocenters. The number of carbonyl (C=O) groups excluding carboxylic acids is 1. The molecule has 0 unspecified atom stereocenters. The predicted molar refractivity (Wildman–Crippen MR) is 75.5 cm³/mol. The van der Waals surface area contributed by atoms with Gasteiger partial charge in [-0.2, -0.15) is 8.78 Å². The summed E-state index contributed by atoms with van der Waals surface area (Å²) in [5.74, 6) is -0.0678. The van der Waals surface area contributed by atoms with E-state index in [9.17, 15) is 22.0 Å². The van der Waals surface area contributed by atoms with Crippen molar-refractivity contribution in [1.29, 1.82) is 0 Å². The van der Waals surface area contributed by atoms with Crippen LogP contribution in [0.15, 0.2) is 24.3 Å². The molecule has 9 heteroatoms. The molecular weight excluding hydrogens is 318 g/mol. The van der Waals surface area contributed by atoms with Crippen molar-refractivity contribution in [3.05, 3.63) is 29.8 Å². The summed E-state index contributed by atoms with van der Waals surface area (Å²) in [5, 5.41) is 2.63. The SMILES string of the molecule is O=C(NCc1cccc(OC(F)F)c1)N1CCS(=O)(=O)CC1. The van der Waals surface area contributed by atoms with Crippen LogP contribution in [0.2, 0.25) is 0 Å². The zero-order valence-electron chi connectivity index (χ0n) is 11.7. The van der Waals surface area contributed by atoms with Crippen molar-refractivity contribution in [3.63, 3.8) is 0 Å². The van der Waals surface area contributed by atoms with Gasteiger partial charge in [-0.1, -0.05) is 12.1 Å². The van der Waals surface area contributed by atoms with Crippen LogP contribution in [0.1, 0.15) is 5.56 Å². The van der Waals surface area contributed by atoms with Crippen molar-refractivity contribution in [3.8, 4) is 5.75 Å². The van der Waals surface area contributed by atoms with Crippen LogP contribution in [0.25, 0.3) is 0 Å². The highest BCUT2D eigenvalue weighted by Crippen LogP contribution is 2.16. The molecule has 2 rings (SSSR count). The number of halogens is 2. The minimum absolute atomic E-state index is 0.0193. The first kappa shape index (κ1) is 16.5. The highest BCUT2D eigenvalue weighted by atomic mass is 32.2. The molecular formula is C13H16F2N2O4S. The van der Waals surface area contributed by atoms with Crippen molar-refractivity contribution in [2.45, 2.75) is 13.2 Å². The summed E-state index contributed by atoms with van der Waals surface area (Å²) in [6, 6.07) is 5.64. The van der Waals surface area contributed by atoms with E-state index in [-0.39, 0.29) is 42.9 Å². The Hall–Kier alpha value is -1.90. The number of rotatable bonds is 4. The van der Waals surface area contributed by atoms with Crippen LogP contribution < -0.4 is 10.1 Å². The van der Waals surface area contributed by atoms with Gasteiger partial charge in [0.1, 0.15) is 5.75 Å². The first-order valence-corrected chi connectivity index (χ1v) is 8.45.